The summed E-state index contributed by atoms with van der Waals surface area (Å²) in [6.45, 7) is 5.39. The lowest BCUT2D eigenvalue weighted by molar-refractivity contribution is 0.0626. The summed E-state index contributed by atoms with van der Waals surface area (Å²) >= 11 is 0. The third-order valence-electron chi connectivity index (χ3n) is 1.56. The third-order valence-corrected chi connectivity index (χ3v) is 1.56. The van der Waals surface area contributed by atoms with Gasteiger partial charge in [-0.15, -0.1) is 0 Å². The Bertz CT molecular complexity index is 81.7. The fraction of sp³-hybridized carbons (Fsp3) is 0.857. The second kappa shape index (κ2) is 4.66. The monoisotopic (exact) mass is 143 g/mol. The van der Waals surface area contributed by atoms with Crippen molar-refractivity contribution in [3.05, 3.63) is 6.54 Å². The molecule has 1 heterocycles. The van der Waals surface area contributed by atoms with Crippen LogP contribution in [0.5, 0.6) is 0 Å². The fourth-order valence-electron chi connectivity index (χ4n) is 0.985. The van der Waals surface area contributed by atoms with Crippen molar-refractivity contribution in [1.29, 1.82) is 0 Å². The molecule has 0 spiro atoms. The molecule has 3 nitrogen and oxygen atoms in total. The van der Waals surface area contributed by atoms with Crippen LogP contribution in [-0.2, 0) is 9.84 Å². The summed E-state index contributed by atoms with van der Waals surface area (Å²) in [6.07, 6.45) is 0.747. The van der Waals surface area contributed by atoms with Crippen LogP contribution < -0.4 is 0 Å². The van der Waals surface area contributed by atoms with Gasteiger partial charge < -0.3 is 4.74 Å². The number of hydrogen-bond donors (Lipinski definition) is 0. The van der Waals surface area contributed by atoms with E-state index in [-0.39, 0.29) is 6.61 Å². The highest BCUT2D eigenvalue weighted by Crippen LogP contribution is 2.01. The van der Waals surface area contributed by atoms with Gasteiger partial charge in [0.2, 0.25) is 0 Å². The van der Waals surface area contributed by atoms with Gasteiger partial charge in [0, 0.05) is 13.1 Å². The van der Waals surface area contributed by atoms with Gasteiger partial charge in [-0.25, -0.2) is 5.11 Å². The second-order valence-electron chi connectivity index (χ2n) is 2.35. The summed E-state index contributed by atoms with van der Waals surface area (Å²) in [6, 6.07) is 0. The topological polar surface area (TPSA) is 32.4 Å². The number of rotatable bonds is 3. The highest BCUT2D eigenvalue weighted by molar-refractivity contribution is 4.71. The molecule has 3 heteroatoms. The van der Waals surface area contributed by atoms with Gasteiger partial charge in [-0.05, 0) is 6.42 Å². The molecule has 1 saturated heterocycles. The molecule has 0 saturated carbocycles. The van der Waals surface area contributed by atoms with Crippen LogP contribution in [0.4, 0.5) is 0 Å². The zero-order valence-corrected chi connectivity index (χ0v) is 6.08. The molecule has 1 fully saturated rings. The Morgan fingerprint density at radius 2 is 2.50 bits per heavy atom. The van der Waals surface area contributed by atoms with Gasteiger partial charge >= 0.3 is 0 Å². The van der Waals surface area contributed by atoms with Gasteiger partial charge in [-0.1, -0.05) is 0 Å². The van der Waals surface area contributed by atoms with E-state index in [9.17, 15) is 5.11 Å². The average Bonchev–Trinajstić information content (AvgIpc) is 2.03. The summed E-state index contributed by atoms with van der Waals surface area (Å²) in [7, 11) is 0. The van der Waals surface area contributed by atoms with Crippen molar-refractivity contribution < 1.29 is 9.84 Å². The van der Waals surface area contributed by atoms with Crippen LogP contribution in [-0.4, -0.2) is 37.8 Å². The van der Waals surface area contributed by atoms with Crippen molar-refractivity contribution in [2.24, 2.45) is 0 Å². The van der Waals surface area contributed by atoms with Crippen molar-refractivity contribution in [3.8, 4) is 0 Å². The molecule has 0 aliphatic carbocycles. The quantitative estimate of drug-likeness (QED) is 0.569. The molecule has 0 aromatic carbocycles. The SMILES string of the molecule is [O]CCCN1[CH]COCC1. The van der Waals surface area contributed by atoms with Gasteiger partial charge in [-0.3, -0.25) is 4.90 Å². The molecule has 0 N–H and O–H groups in total. The van der Waals surface area contributed by atoms with Crippen LogP contribution in [0.15, 0.2) is 0 Å². The van der Waals surface area contributed by atoms with E-state index in [1.165, 1.54) is 0 Å². The van der Waals surface area contributed by atoms with E-state index in [0.717, 1.165) is 26.1 Å². The largest absolute Gasteiger partial charge is 0.378 e. The van der Waals surface area contributed by atoms with E-state index in [1.807, 2.05) is 6.54 Å². The lowest BCUT2D eigenvalue weighted by atomic mass is 10.3. The van der Waals surface area contributed by atoms with Crippen LogP contribution in [0.3, 0.4) is 0 Å². The standard InChI is InChI=1S/C7H13NO2/c9-5-1-2-8-3-6-10-7-4-8/h3H,1-2,4-7H2. The van der Waals surface area contributed by atoms with Gasteiger partial charge in [0.25, 0.3) is 0 Å². The molecule has 58 valence electrons. The average molecular weight is 143 g/mol. The normalized spacial score (nSPS) is 21.3. The van der Waals surface area contributed by atoms with Gasteiger partial charge in [0.15, 0.2) is 0 Å². The third kappa shape index (κ3) is 2.64. The molecule has 1 aliphatic rings. The Morgan fingerprint density at radius 3 is 3.10 bits per heavy atom. The number of nitrogens with zero attached hydrogens (tertiary/aromatic N) is 1. The molecule has 0 aromatic rings. The number of hydrogen-bond acceptors (Lipinski definition) is 2. The Labute approximate surface area is 61.6 Å². The first-order valence-electron chi connectivity index (χ1n) is 3.66. The summed E-state index contributed by atoms with van der Waals surface area (Å²) < 4.78 is 5.10. The van der Waals surface area contributed by atoms with Crippen molar-refractivity contribution >= 4 is 0 Å². The van der Waals surface area contributed by atoms with E-state index < -0.39 is 0 Å². The lowest BCUT2D eigenvalue weighted by Gasteiger charge is -2.25. The first-order chi connectivity index (χ1) is 4.93. The minimum absolute atomic E-state index is 0.0329. The maximum Gasteiger partial charge on any atom is 0.0834 e. The molecule has 2 radical (unpaired) electrons. The highest BCUT2D eigenvalue weighted by Gasteiger charge is 2.08. The van der Waals surface area contributed by atoms with E-state index in [1.54, 1.807) is 0 Å². The first-order valence-corrected chi connectivity index (χ1v) is 3.66. The smallest absolute Gasteiger partial charge is 0.0834 e. The number of ether oxygens (including phenoxy) is 1. The molecule has 1 rings (SSSR count). The minimum atomic E-state index is 0.0329. The zero-order chi connectivity index (χ0) is 7.23. The Balaban J connectivity index is 2.02. The maximum atomic E-state index is 10.1. The van der Waals surface area contributed by atoms with Crippen LogP contribution in [0.2, 0.25) is 0 Å². The van der Waals surface area contributed by atoms with Crippen molar-refractivity contribution in [1.82, 2.24) is 4.90 Å². The van der Waals surface area contributed by atoms with E-state index >= 15 is 0 Å². The van der Waals surface area contributed by atoms with Crippen LogP contribution in [0.1, 0.15) is 6.42 Å². The first kappa shape index (κ1) is 7.98. The minimum Gasteiger partial charge on any atom is -0.378 e. The molecule has 1 aliphatic heterocycles. The molecule has 0 amide bonds. The predicted octanol–water partition coefficient (Wildman–Crippen LogP) is 0.301. The Kier molecular flexibility index (Phi) is 3.72. The molecular formula is C7H13NO2. The predicted molar refractivity (Wildman–Crippen MR) is 36.9 cm³/mol. The molecule has 0 atom stereocenters. The molecule has 10 heavy (non-hydrogen) atoms. The van der Waals surface area contributed by atoms with Crippen molar-refractivity contribution in [2.45, 2.75) is 6.42 Å². The zero-order valence-electron chi connectivity index (χ0n) is 6.08. The van der Waals surface area contributed by atoms with E-state index in [4.69, 9.17) is 4.74 Å². The van der Waals surface area contributed by atoms with Crippen molar-refractivity contribution in [3.63, 3.8) is 0 Å². The fourth-order valence-corrected chi connectivity index (χ4v) is 0.985. The maximum absolute atomic E-state index is 10.1. The van der Waals surface area contributed by atoms with Gasteiger partial charge in [0.1, 0.15) is 0 Å². The summed E-state index contributed by atoms with van der Waals surface area (Å²) in [4.78, 5) is 2.15. The molecule has 0 aromatic heterocycles. The van der Waals surface area contributed by atoms with E-state index in [0.29, 0.717) is 6.61 Å². The summed E-state index contributed by atoms with van der Waals surface area (Å²) in [5, 5.41) is 10.1. The Morgan fingerprint density at radius 1 is 1.60 bits per heavy atom. The number of morpholine rings is 1. The van der Waals surface area contributed by atoms with Crippen LogP contribution in [0.25, 0.3) is 0 Å². The van der Waals surface area contributed by atoms with Crippen LogP contribution >= 0.6 is 0 Å². The molecule has 0 bridgehead atoms. The highest BCUT2D eigenvalue weighted by atomic mass is 16.5. The van der Waals surface area contributed by atoms with Crippen LogP contribution in [0, 0.1) is 6.54 Å². The van der Waals surface area contributed by atoms with E-state index in [2.05, 4.69) is 4.90 Å². The second-order valence-corrected chi connectivity index (χ2v) is 2.35. The molecular weight excluding hydrogens is 130 g/mol. The summed E-state index contributed by atoms with van der Waals surface area (Å²) in [5.41, 5.74) is 0. The lowest BCUT2D eigenvalue weighted by Crippen LogP contribution is -2.33. The summed E-state index contributed by atoms with van der Waals surface area (Å²) in [5.74, 6) is 0. The molecule has 0 unspecified atom stereocenters. The van der Waals surface area contributed by atoms with Gasteiger partial charge in [-0.2, -0.15) is 0 Å². The van der Waals surface area contributed by atoms with Crippen molar-refractivity contribution in [2.75, 3.05) is 32.9 Å². The Hall–Kier alpha value is -0.120. The van der Waals surface area contributed by atoms with Gasteiger partial charge in [0.05, 0.1) is 26.4 Å².